The highest BCUT2D eigenvalue weighted by Crippen LogP contribution is 2.40. The monoisotopic (exact) mass is 652 g/mol. The Labute approximate surface area is 271 Å². The highest BCUT2D eigenvalue weighted by atomic mass is 19.4. The number of piperidine rings is 1. The van der Waals surface area contributed by atoms with E-state index in [1.54, 1.807) is 68.6 Å². The summed E-state index contributed by atoms with van der Waals surface area (Å²) in [7, 11) is 0. The fraction of sp³-hybridized carbons (Fsp3) is 0.400. The normalized spacial score (nSPS) is 16.0. The molecule has 2 aromatic heterocycles. The molecule has 1 saturated heterocycles. The van der Waals surface area contributed by atoms with Gasteiger partial charge in [-0.2, -0.15) is 22.8 Å². The first-order valence-corrected chi connectivity index (χ1v) is 15.3. The molecule has 1 unspecified atom stereocenters. The van der Waals surface area contributed by atoms with E-state index in [4.69, 9.17) is 19.6 Å². The van der Waals surface area contributed by atoms with Gasteiger partial charge in [0.2, 0.25) is 0 Å². The molecule has 0 bridgehead atoms. The van der Waals surface area contributed by atoms with E-state index < -0.39 is 29.4 Å². The first-order valence-electron chi connectivity index (χ1n) is 15.3. The molecule has 2 aromatic carbocycles. The summed E-state index contributed by atoms with van der Waals surface area (Å²) < 4.78 is 54.2. The molecule has 3 heterocycles. The lowest BCUT2D eigenvalue weighted by Crippen LogP contribution is -2.45. The number of carboxylic acid groups (broad SMARTS) is 1. The van der Waals surface area contributed by atoms with Gasteiger partial charge in [0.25, 0.3) is 0 Å². The van der Waals surface area contributed by atoms with Crippen molar-refractivity contribution in [1.29, 1.82) is 0 Å². The van der Waals surface area contributed by atoms with E-state index in [0.29, 0.717) is 72.1 Å². The van der Waals surface area contributed by atoms with Crippen molar-refractivity contribution in [3.63, 3.8) is 0 Å². The number of phenols is 1. The molecule has 0 amide bonds. The van der Waals surface area contributed by atoms with Crippen LogP contribution in [-0.4, -0.2) is 61.7 Å². The van der Waals surface area contributed by atoms with Crippen molar-refractivity contribution in [2.75, 3.05) is 24.6 Å². The summed E-state index contributed by atoms with van der Waals surface area (Å²) in [6.45, 7) is 14.4. The maximum absolute atomic E-state index is 13.5. The molecule has 5 rings (SSSR count). The highest BCUT2D eigenvalue weighted by Gasteiger charge is 2.38. The van der Waals surface area contributed by atoms with E-state index in [1.807, 2.05) is 6.92 Å². The van der Waals surface area contributed by atoms with Crippen molar-refractivity contribution < 1.29 is 37.7 Å². The van der Waals surface area contributed by atoms with Gasteiger partial charge in [-0.25, -0.2) is 9.78 Å². The van der Waals surface area contributed by atoms with Gasteiger partial charge < -0.3 is 24.6 Å². The summed E-state index contributed by atoms with van der Waals surface area (Å²) in [4.78, 5) is 19.5. The summed E-state index contributed by atoms with van der Waals surface area (Å²) >= 11 is 0. The van der Waals surface area contributed by atoms with Gasteiger partial charge in [0.1, 0.15) is 11.6 Å². The number of nitrogens with zero attached hydrogens (tertiary/aromatic N) is 4. The molecule has 250 valence electrons. The first-order chi connectivity index (χ1) is 22.0. The zero-order valence-corrected chi connectivity index (χ0v) is 27.1. The molecule has 0 aliphatic carbocycles. The van der Waals surface area contributed by atoms with Crippen molar-refractivity contribution in [2.24, 2.45) is 0 Å². The SMILES string of the molecule is C=CCOC1(C)CCN(c2c(C(OC(C)(C)C)C(=O)O)c(C)nc3cc(-c4cccc(-c5cc(C(F)(F)F)ccc5O)c4)nn23)CC1. The van der Waals surface area contributed by atoms with Crippen LogP contribution >= 0.6 is 0 Å². The van der Waals surface area contributed by atoms with E-state index in [1.165, 1.54) is 0 Å². The average Bonchev–Trinajstić information content (AvgIpc) is 3.42. The smallest absolute Gasteiger partial charge is 0.416 e. The number of hydrogen-bond donors (Lipinski definition) is 2. The van der Waals surface area contributed by atoms with Crippen LogP contribution in [0.5, 0.6) is 5.75 Å². The zero-order chi connectivity index (χ0) is 34.3. The standard InChI is InChI=1S/C35H39F3N4O5/c1-7-17-46-34(6)13-15-41(16-14-34)31-29(30(32(44)45)47-33(3,4)5)21(2)39-28-20-26(40-42(28)31)23-10-8-9-22(18-23)25-19-24(35(36,37)38)11-12-27(25)43/h7-12,18-20,30,43H,1,13-17H2,2-6H3,(H,44,45). The quantitative estimate of drug-likeness (QED) is 0.178. The lowest BCUT2D eigenvalue weighted by Gasteiger charge is -2.41. The Morgan fingerprint density at radius 2 is 1.79 bits per heavy atom. The molecule has 9 nitrogen and oxygen atoms in total. The summed E-state index contributed by atoms with van der Waals surface area (Å²) in [5, 5.41) is 25.7. The third-order valence-electron chi connectivity index (χ3n) is 8.23. The summed E-state index contributed by atoms with van der Waals surface area (Å²) in [6.07, 6.45) is -2.88. The molecule has 4 aromatic rings. The van der Waals surface area contributed by atoms with Gasteiger partial charge in [0.05, 0.1) is 34.6 Å². The van der Waals surface area contributed by atoms with E-state index in [9.17, 15) is 28.2 Å². The Kier molecular flexibility index (Phi) is 9.13. The number of anilines is 1. The second-order valence-corrected chi connectivity index (χ2v) is 13.0. The van der Waals surface area contributed by atoms with Gasteiger partial charge >= 0.3 is 12.1 Å². The van der Waals surface area contributed by atoms with E-state index >= 15 is 0 Å². The number of benzene rings is 2. The minimum absolute atomic E-state index is 0.0288. The van der Waals surface area contributed by atoms with Crippen LogP contribution in [0.3, 0.4) is 0 Å². The molecule has 1 fully saturated rings. The molecule has 47 heavy (non-hydrogen) atoms. The molecule has 12 heteroatoms. The number of phenolic OH excluding ortho intramolecular Hbond substituents is 1. The Bertz CT molecular complexity index is 1800. The molecule has 0 spiro atoms. The predicted octanol–water partition coefficient (Wildman–Crippen LogP) is 7.60. The number of hydrogen-bond acceptors (Lipinski definition) is 7. The molecule has 0 saturated carbocycles. The van der Waals surface area contributed by atoms with Crippen LogP contribution in [0, 0.1) is 6.92 Å². The lowest BCUT2D eigenvalue weighted by molar-refractivity contribution is -0.160. The van der Waals surface area contributed by atoms with Crippen LogP contribution in [0.4, 0.5) is 19.0 Å². The Hall–Kier alpha value is -4.42. The third kappa shape index (κ3) is 7.28. The Morgan fingerprint density at radius 3 is 2.40 bits per heavy atom. The number of aromatic nitrogens is 3. The Balaban J connectivity index is 1.65. The van der Waals surface area contributed by atoms with Gasteiger partial charge in [0.15, 0.2) is 11.8 Å². The number of halogens is 3. The van der Waals surface area contributed by atoms with Crippen LogP contribution < -0.4 is 4.90 Å². The molecule has 1 aliphatic rings. The fourth-order valence-electron chi connectivity index (χ4n) is 5.84. The lowest BCUT2D eigenvalue weighted by atomic mass is 9.92. The summed E-state index contributed by atoms with van der Waals surface area (Å²) in [6, 6.07) is 11.2. The van der Waals surface area contributed by atoms with Gasteiger partial charge in [0, 0.05) is 36.0 Å². The van der Waals surface area contributed by atoms with E-state index in [0.717, 1.165) is 18.2 Å². The van der Waals surface area contributed by atoms with Gasteiger partial charge in [-0.1, -0.05) is 24.3 Å². The predicted molar refractivity (Wildman–Crippen MR) is 172 cm³/mol. The second-order valence-electron chi connectivity index (χ2n) is 13.0. The number of carbonyl (C=O) groups is 1. The van der Waals surface area contributed by atoms with Crippen molar-refractivity contribution in [3.05, 3.63) is 78.0 Å². The van der Waals surface area contributed by atoms with Crippen molar-refractivity contribution in [1.82, 2.24) is 14.6 Å². The number of aryl methyl sites for hydroxylation is 1. The maximum atomic E-state index is 13.5. The van der Waals surface area contributed by atoms with E-state index in [-0.39, 0.29) is 16.9 Å². The van der Waals surface area contributed by atoms with Gasteiger partial charge in [-0.3, -0.25) is 0 Å². The molecule has 1 atom stereocenters. The number of ether oxygens (including phenoxy) is 2. The highest BCUT2D eigenvalue weighted by molar-refractivity contribution is 5.80. The van der Waals surface area contributed by atoms with E-state index in [2.05, 4.69) is 11.5 Å². The minimum atomic E-state index is -4.58. The number of carboxylic acids is 1. The van der Waals surface area contributed by atoms with Crippen molar-refractivity contribution in [2.45, 2.75) is 70.9 Å². The molecular formula is C35H39F3N4O5. The maximum Gasteiger partial charge on any atom is 0.416 e. The van der Waals surface area contributed by atoms with Crippen LogP contribution in [-0.2, 0) is 20.4 Å². The third-order valence-corrected chi connectivity index (χ3v) is 8.23. The molecule has 0 radical (unpaired) electrons. The van der Waals surface area contributed by atoms with Crippen LogP contribution in [0.2, 0.25) is 0 Å². The Morgan fingerprint density at radius 1 is 1.11 bits per heavy atom. The van der Waals surface area contributed by atoms with Crippen LogP contribution in [0.15, 0.2) is 61.2 Å². The molecule has 1 aliphatic heterocycles. The van der Waals surface area contributed by atoms with Crippen LogP contribution in [0.25, 0.3) is 28.0 Å². The topological polar surface area (TPSA) is 109 Å². The largest absolute Gasteiger partial charge is 0.507 e. The second kappa shape index (κ2) is 12.6. The number of aliphatic carboxylic acids is 1. The number of fused-ring (bicyclic) bond motifs is 1. The van der Waals surface area contributed by atoms with Crippen molar-refractivity contribution in [3.8, 4) is 28.1 Å². The van der Waals surface area contributed by atoms with Gasteiger partial charge in [-0.05, 0) is 77.3 Å². The number of aromatic hydroxyl groups is 1. The summed E-state index contributed by atoms with van der Waals surface area (Å²) in [5.41, 5.74) is 0.688. The molecular weight excluding hydrogens is 613 g/mol. The fourth-order valence-corrected chi connectivity index (χ4v) is 5.84. The van der Waals surface area contributed by atoms with Gasteiger partial charge in [-0.15, -0.1) is 6.58 Å². The van der Waals surface area contributed by atoms with Crippen molar-refractivity contribution >= 4 is 17.4 Å². The number of alkyl halides is 3. The first kappa shape index (κ1) is 33.9. The summed E-state index contributed by atoms with van der Waals surface area (Å²) in [5.74, 6) is -0.919. The minimum Gasteiger partial charge on any atom is -0.507 e. The van der Waals surface area contributed by atoms with Crippen LogP contribution in [0.1, 0.15) is 63.5 Å². The average molecular weight is 653 g/mol. The molecule has 2 N–H and O–H groups in total. The zero-order valence-electron chi connectivity index (χ0n) is 27.1. The number of rotatable bonds is 9.